The predicted molar refractivity (Wildman–Crippen MR) is 126 cm³/mol. The third kappa shape index (κ3) is 3.89. The van der Waals surface area contributed by atoms with Gasteiger partial charge in [-0.05, 0) is 30.7 Å². The molecular formula is C23H21N7O2S. The molecule has 0 aliphatic heterocycles. The number of ether oxygens (including phenoxy) is 1. The molecule has 4 heterocycles. The van der Waals surface area contributed by atoms with Gasteiger partial charge in [0.05, 0.1) is 18.5 Å². The summed E-state index contributed by atoms with van der Waals surface area (Å²) in [6.45, 7) is 1.94. The Kier molecular flexibility index (Phi) is 5.43. The summed E-state index contributed by atoms with van der Waals surface area (Å²) in [5, 5.41) is 9.50. The topological polar surface area (TPSA) is 92.1 Å². The van der Waals surface area contributed by atoms with Crippen molar-refractivity contribution in [2.45, 2.75) is 17.8 Å². The molecule has 1 aromatic carbocycles. The van der Waals surface area contributed by atoms with Gasteiger partial charge in [-0.15, -0.1) is 10.2 Å². The molecule has 10 heteroatoms. The van der Waals surface area contributed by atoms with E-state index >= 15 is 0 Å². The third-order valence-corrected chi connectivity index (χ3v) is 6.15. The largest absolute Gasteiger partial charge is 0.495 e. The Labute approximate surface area is 193 Å². The second-order valence-electron chi connectivity index (χ2n) is 7.48. The number of hydrogen-bond donors (Lipinski definition) is 0. The van der Waals surface area contributed by atoms with E-state index in [1.165, 1.54) is 11.8 Å². The van der Waals surface area contributed by atoms with E-state index in [-0.39, 0.29) is 5.56 Å². The summed E-state index contributed by atoms with van der Waals surface area (Å²) in [4.78, 5) is 21.7. The molecule has 0 spiro atoms. The minimum Gasteiger partial charge on any atom is -0.495 e. The fraction of sp³-hybridized carbons (Fsp3) is 0.174. The van der Waals surface area contributed by atoms with E-state index < -0.39 is 0 Å². The molecule has 166 valence electrons. The van der Waals surface area contributed by atoms with Crippen LogP contribution in [0.2, 0.25) is 0 Å². The molecule has 0 aliphatic carbocycles. The molecule has 9 nitrogen and oxygen atoms in total. The summed E-state index contributed by atoms with van der Waals surface area (Å²) >= 11 is 1.44. The molecule has 0 unspecified atom stereocenters. The maximum Gasteiger partial charge on any atom is 0.258 e. The molecule has 0 aliphatic rings. The van der Waals surface area contributed by atoms with Gasteiger partial charge in [0.2, 0.25) is 5.82 Å². The number of aromatic nitrogens is 7. The van der Waals surface area contributed by atoms with Crippen LogP contribution in [0.5, 0.6) is 5.75 Å². The second kappa shape index (κ2) is 8.55. The number of pyridine rings is 1. The van der Waals surface area contributed by atoms with Crippen molar-refractivity contribution < 1.29 is 4.74 Å². The van der Waals surface area contributed by atoms with Crippen LogP contribution in [0.15, 0.2) is 71.0 Å². The number of imidazole rings is 1. The SMILES string of the molecule is COc1ccccc1-n1c(SCc2cc(=O)n3cc(C)ccc3n2)nnc1-c1nccn1C. The van der Waals surface area contributed by atoms with E-state index in [0.29, 0.717) is 39.6 Å². The lowest BCUT2D eigenvalue weighted by molar-refractivity contribution is 0.412. The number of fused-ring (bicyclic) bond motifs is 1. The highest BCUT2D eigenvalue weighted by Gasteiger charge is 2.21. The number of nitrogens with zero attached hydrogens (tertiary/aromatic N) is 7. The average Bonchev–Trinajstić information content (AvgIpc) is 3.43. The van der Waals surface area contributed by atoms with Gasteiger partial charge in [0.1, 0.15) is 11.4 Å². The average molecular weight is 460 g/mol. The first-order valence-corrected chi connectivity index (χ1v) is 11.2. The first kappa shape index (κ1) is 21.0. The Bertz CT molecular complexity index is 1520. The zero-order valence-corrected chi connectivity index (χ0v) is 19.2. The minimum atomic E-state index is -0.112. The molecule has 0 N–H and O–H groups in total. The highest BCUT2D eigenvalue weighted by molar-refractivity contribution is 7.98. The molecule has 5 aromatic rings. The standard InChI is InChI=1S/C23H21N7O2S/c1-15-8-9-19-25-16(12-20(31)29(19)13-15)14-33-23-27-26-22(21-24-10-11-28(21)2)30(23)17-6-4-5-7-18(17)32-3/h4-13H,14H2,1-3H3. The number of methoxy groups -OCH3 is 1. The van der Waals surface area contributed by atoms with Crippen molar-refractivity contribution in [2.24, 2.45) is 7.05 Å². The summed E-state index contributed by atoms with van der Waals surface area (Å²) in [6.07, 6.45) is 5.37. The van der Waals surface area contributed by atoms with E-state index in [1.54, 1.807) is 30.0 Å². The van der Waals surface area contributed by atoms with Gasteiger partial charge in [0.15, 0.2) is 11.0 Å². The Balaban J connectivity index is 1.56. The monoisotopic (exact) mass is 459 g/mol. The van der Waals surface area contributed by atoms with E-state index in [9.17, 15) is 4.79 Å². The van der Waals surface area contributed by atoms with Gasteiger partial charge in [-0.1, -0.05) is 30.0 Å². The molecular weight excluding hydrogens is 438 g/mol. The van der Waals surface area contributed by atoms with Crippen molar-refractivity contribution in [1.29, 1.82) is 0 Å². The van der Waals surface area contributed by atoms with Crippen LogP contribution in [0.4, 0.5) is 0 Å². The lowest BCUT2D eigenvalue weighted by Crippen LogP contribution is -2.15. The number of para-hydroxylation sites is 2. The Morgan fingerprint density at radius 1 is 1.09 bits per heavy atom. The maximum absolute atomic E-state index is 12.6. The van der Waals surface area contributed by atoms with Gasteiger partial charge < -0.3 is 9.30 Å². The summed E-state index contributed by atoms with van der Waals surface area (Å²) in [6, 6.07) is 13.0. The molecule has 33 heavy (non-hydrogen) atoms. The molecule has 5 rings (SSSR count). The van der Waals surface area contributed by atoms with Gasteiger partial charge >= 0.3 is 0 Å². The lowest BCUT2D eigenvalue weighted by atomic mass is 10.3. The molecule has 0 atom stereocenters. The van der Waals surface area contributed by atoms with Crippen LogP contribution in [-0.2, 0) is 12.8 Å². The highest BCUT2D eigenvalue weighted by atomic mass is 32.2. The Morgan fingerprint density at radius 3 is 2.73 bits per heavy atom. The molecule has 0 radical (unpaired) electrons. The van der Waals surface area contributed by atoms with Crippen LogP contribution in [0, 0.1) is 6.92 Å². The minimum absolute atomic E-state index is 0.112. The molecule has 0 bridgehead atoms. The van der Waals surface area contributed by atoms with E-state index in [2.05, 4.69) is 20.2 Å². The first-order chi connectivity index (χ1) is 16.0. The molecule has 0 fully saturated rings. The van der Waals surface area contributed by atoms with E-state index in [1.807, 2.05) is 65.7 Å². The number of rotatable bonds is 6. The van der Waals surface area contributed by atoms with Gasteiger partial charge in [0.25, 0.3) is 5.56 Å². The highest BCUT2D eigenvalue weighted by Crippen LogP contribution is 2.32. The van der Waals surface area contributed by atoms with Crippen LogP contribution < -0.4 is 10.3 Å². The summed E-state index contributed by atoms with van der Waals surface area (Å²) in [7, 11) is 3.54. The quantitative estimate of drug-likeness (QED) is 0.360. The van der Waals surface area contributed by atoms with Gasteiger partial charge in [-0.3, -0.25) is 13.8 Å². The third-order valence-electron chi connectivity index (χ3n) is 5.19. The second-order valence-corrected chi connectivity index (χ2v) is 8.43. The van der Waals surface area contributed by atoms with Gasteiger partial charge in [0, 0.05) is 37.5 Å². The van der Waals surface area contributed by atoms with Crippen molar-refractivity contribution in [3.63, 3.8) is 0 Å². The van der Waals surface area contributed by atoms with Crippen molar-refractivity contribution in [3.05, 3.63) is 82.7 Å². The zero-order valence-electron chi connectivity index (χ0n) is 18.3. The number of thioether (sulfide) groups is 1. The Morgan fingerprint density at radius 2 is 1.94 bits per heavy atom. The van der Waals surface area contributed by atoms with E-state index in [0.717, 1.165) is 11.3 Å². The van der Waals surface area contributed by atoms with Crippen LogP contribution in [0.1, 0.15) is 11.3 Å². The lowest BCUT2D eigenvalue weighted by Gasteiger charge is -2.13. The van der Waals surface area contributed by atoms with Crippen LogP contribution >= 0.6 is 11.8 Å². The van der Waals surface area contributed by atoms with Gasteiger partial charge in [-0.25, -0.2) is 9.97 Å². The molecule has 4 aromatic heterocycles. The summed E-state index contributed by atoms with van der Waals surface area (Å²) in [5.74, 6) is 2.41. The fourth-order valence-corrected chi connectivity index (χ4v) is 4.43. The van der Waals surface area contributed by atoms with Crippen molar-refractivity contribution in [3.8, 4) is 23.1 Å². The maximum atomic E-state index is 12.6. The molecule has 0 amide bonds. The number of benzene rings is 1. The van der Waals surface area contributed by atoms with E-state index in [4.69, 9.17) is 4.74 Å². The predicted octanol–water partition coefficient (Wildman–Crippen LogP) is 3.29. The first-order valence-electron chi connectivity index (χ1n) is 10.2. The molecule has 0 saturated carbocycles. The smallest absolute Gasteiger partial charge is 0.258 e. The van der Waals surface area contributed by atoms with Crippen LogP contribution in [0.25, 0.3) is 23.0 Å². The van der Waals surface area contributed by atoms with Crippen molar-refractivity contribution >= 4 is 17.4 Å². The zero-order chi connectivity index (χ0) is 22.9. The summed E-state index contributed by atoms with van der Waals surface area (Å²) in [5.41, 5.74) is 2.97. The summed E-state index contributed by atoms with van der Waals surface area (Å²) < 4.78 is 11.0. The fourth-order valence-electron chi connectivity index (χ4n) is 3.59. The van der Waals surface area contributed by atoms with Crippen LogP contribution in [-0.4, -0.2) is 40.8 Å². The Hall–Kier alpha value is -3.92. The molecule has 0 saturated heterocycles. The number of aryl methyl sites for hydroxylation is 2. The van der Waals surface area contributed by atoms with Crippen molar-refractivity contribution in [1.82, 2.24) is 33.7 Å². The number of hydrogen-bond acceptors (Lipinski definition) is 7. The normalized spacial score (nSPS) is 11.2. The van der Waals surface area contributed by atoms with Crippen LogP contribution in [0.3, 0.4) is 0 Å². The van der Waals surface area contributed by atoms with Crippen molar-refractivity contribution in [2.75, 3.05) is 7.11 Å². The van der Waals surface area contributed by atoms with Gasteiger partial charge in [-0.2, -0.15) is 0 Å².